The predicted molar refractivity (Wildman–Crippen MR) is 146 cm³/mol. The van der Waals surface area contributed by atoms with Gasteiger partial charge in [-0.05, 0) is 61.1 Å². The van der Waals surface area contributed by atoms with Crippen LogP contribution in [0.5, 0.6) is 0 Å². The molecule has 0 spiro atoms. The fourth-order valence-corrected chi connectivity index (χ4v) is 4.47. The van der Waals surface area contributed by atoms with E-state index in [-0.39, 0.29) is 18.4 Å². The molecule has 198 valence electrons. The van der Waals surface area contributed by atoms with Gasteiger partial charge in [0.1, 0.15) is 23.9 Å². The highest BCUT2D eigenvalue weighted by atomic mass is 19.1. The number of hydrogen-bond acceptors (Lipinski definition) is 4. The lowest BCUT2D eigenvalue weighted by Gasteiger charge is -2.32. The first-order chi connectivity index (χ1) is 18.3. The Morgan fingerprint density at radius 1 is 1.03 bits per heavy atom. The lowest BCUT2D eigenvalue weighted by Crippen LogP contribution is -2.46. The van der Waals surface area contributed by atoms with Crippen molar-refractivity contribution in [2.24, 2.45) is 5.92 Å². The molecular formula is C30H34FN5O2. The van der Waals surface area contributed by atoms with E-state index in [0.717, 1.165) is 23.1 Å². The molecule has 4 aromatic rings. The number of carbonyl (C=O) groups excluding carboxylic acids is 2. The first kappa shape index (κ1) is 27.0. The van der Waals surface area contributed by atoms with E-state index in [4.69, 9.17) is 0 Å². The second-order valence-electron chi connectivity index (χ2n) is 9.99. The number of amides is 2. The SMILES string of the molecule is Cc1cccc(CCN(C(=O)Cn2nnc3ccccc32)C(C(=O)NCCC(C)C)c2ccc(F)cc2)c1. The zero-order valence-corrected chi connectivity index (χ0v) is 22.1. The molecule has 1 unspecified atom stereocenters. The summed E-state index contributed by atoms with van der Waals surface area (Å²) in [4.78, 5) is 29.1. The molecule has 1 N–H and O–H groups in total. The van der Waals surface area contributed by atoms with Crippen LogP contribution < -0.4 is 5.32 Å². The van der Waals surface area contributed by atoms with Gasteiger partial charge in [0.2, 0.25) is 11.8 Å². The van der Waals surface area contributed by atoms with E-state index >= 15 is 0 Å². The lowest BCUT2D eigenvalue weighted by atomic mass is 10.0. The smallest absolute Gasteiger partial charge is 0.247 e. The second kappa shape index (κ2) is 12.4. The van der Waals surface area contributed by atoms with Crippen molar-refractivity contribution in [3.8, 4) is 0 Å². The van der Waals surface area contributed by atoms with Gasteiger partial charge >= 0.3 is 0 Å². The number of nitrogens with zero attached hydrogens (tertiary/aromatic N) is 4. The molecule has 2 amide bonds. The van der Waals surface area contributed by atoms with Crippen molar-refractivity contribution in [1.82, 2.24) is 25.2 Å². The van der Waals surface area contributed by atoms with Gasteiger partial charge in [-0.1, -0.05) is 73.2 Å². The summed E-state index contributed by atoms with van der Waals surface area (Å²) in [5.74, 6) is -0.557. The maximum absolute atomic E-state index is 13.9. The number of aromatic nitrogens is 3. The van der Waals surface area contributed by atoms with Gasteiger partial charge in [-0.25, -0.2) is 9.07 Å². The zero-order chi connectivity index (χ0) is 27.1. The minimum Gasteiger partial charge on any atom is -0.354 e. The number of hydrogen-bond donors (Lipinski definition) is 1. The Hall–Kier alpha value is -4.07. The number of fused-ring (bicyclic) bond motifs is 1. The van der Waals surface area contributed by atoms with Crippen LogP contribution in [-0.2, 0) is 22.6 Å². The van der Waals surface area contributed by atoms with Crippen LogP contribution in [0.3, 0.4) is 0 Å². The monoisotopic (exact) mass is 515 g/mol. The number of nitrogens with one attached hydrogen (secondary N) is 1. The van der Waals surface area contributed by atoms with Crippen molar-refractivity contribution >= 4 is 22.8 Å². The topological polar surface area (TPSA) is 80.1 Å². The Bertz CT molecular complexity index is 1380. The molecule has 0 aliphatic carbocycles. The van der Waals surface area contributed by atoms with Gasteiger partial charge in [0.05, 0.1) is 5.52 Å². The van der Waals surface area contributed by atoms with Crippen molar-refractivity contribution in [3.05, 3.63) is 95.3 Å². The molecule has 0 saturated carbocycles. The molecule has 0 fully saturated rings. The van der Waals surface area contributed by atoms with E-state index < -0.39 is 11.9 Å². The summed E-state index contributed by atoms with van der Waals surface area (Å²) in [6, 6.07) is 20.4. The van der Waals surface area contributed by atoms with Crippen molar-refractivity contribution in [2.45, 2.75) is 46.2 Å². The quantitative estimate of drug-likeness (QED) is 0.310. The Labute approximate surface area is 222 Å². The molecular weight excluding hydrogens is 481 g/mol. The highest BCUT2D eigenvalue weighted by Crippen LogP contribution is 2.24. The van der Waals surface area contributed by atoms with Crippen LogP contribution in [0.4, 0.5) is 4.39 Å². The van der Waals surface area contributed by atoms with E-state index in [1.165, 1.54) is 12.1 Å². The summed E-state index contributed by atoms with van der Waals surface area (Å²) in [6.07, 6.45) is 1.37. The number of para-hydroxylation sites is 1. The Morgan fingerprint density at radius 3 is 2.53 bits per heavy atom. The third-order valence-electron chi connectivity index (χ3n) is 6.52. The van der Waals surface area contributed by atoms with Gasteiger partial charge in [-0.2, -0.15) is 0 Å². The summed E-state index contributed by atoms with van der Waals surface area (Å²) in [5.41, 5.74) is 4.16. The number of halogens is 1. The van der Waals surface area contributed by atoms with Crippen LogP contribution in [0.1, 0.15) is 43.0 Å². The number of aryl methyl sites for hydroxylation is 1. The molecule has 1 heterocycles. The van der Waals surface area contributed by atoms with Gasteiger partial charge in [-0.3, -0.25) is 9.59 Å². The van der Waals surface area contributed by atoms with Crippen molar-refractivity contribution in [3.63, 3.8) is 0 Å². The van der Waals surface area contributed by atoms with Crippen LogP contribution in [0.2, 0.25) is 0 Å². The molecule has 0 aliphatic heterocycles. The Balaban J connectivity index is 1.67. The van der Waals surface area contributed by atoms with Crippen LogP contribution in [-0.4, -0.2) is 44.8 Å². The lowest BCUT2D eigenvalue weighted by molar-refractivity contribution is -0.141. The van der Waals surface area contributed by atoms with Gasteiger partial charge in [0.15, 0.2) is 0 Å². The molecule has 1 atom stereocenters. The van der Waals surface area contributed by atoms with E-state index in [1.54, 1.807) is 21.7 Å². The van der Waals surface area contributed by atoms with Crippen molar-refractivity contribution in [1.29, 1.82) is 0 Å². The third-order valence-corrected chi connectivity index (χ3v) is 6.52. The fraction of sp³-hybridized carbons (Fsp3) is 0.333. The van der Waals surface area contributed by atoms with E-state index in [0.29, 0.717) is 36.5 Å². The maximum atomic E-state index is 13.9. The highest BCUT2D eigenvalue weighted by Gasteiger charge is 2.31. The molecule has 1 aromatic heterocycles. The van der Waals surface area contributed by atoms with Crippen LogP contribution in [0.15, 0.2) is 72.8 Å². The van der Waals surface area contributed by atoms with Crippen molar-refractivity contribution < 1.29 is 14.0 Å². The van der Waals surface area contributed by atoms with Crippen LogP contribution in [0.25, 0.3) is 11.0 Å². The molecule has 7 nitrogen and oxygen atoms in total. The second-order valence-corrected chi connectivity index (χ2v) is 9.99. The zero-order valence-electron chi connectivity index (χ0n) is 22.1. The van der Waals surface area contributed by atoms with Crippen LogP contribution >= 0.6 is 0 Å². The summed E-state index contributed by atoms with van der Waals surface area (Å²) >= 11 is 0. The molecule has 38 heavy (non-hydrogen) atoms. The standard InChI is InChI=1S/C30H34FN5O2/c1-21(2)15-17-32-30(38)29(24-11-13-25(31)14-12-24)35(18-16-23-8-6-7-22(3)19-23)28(37)20-36-27-10-5-4-9-26(27)33-34-36/h4-14,19,21,29H,15-18,20H2,1-3H3,(H,32,38). The normalized spacial score (nSPS) is 12.0. The van der Waals surface area contributed by atoms with Gasteiger partial charge in [0, 0.05) is 13.1 Å². The molecule has 0 saturated heterocycles. The average Bonchev–Trinajstić information content (AvgIpc) is 3.29. The van der Waals surface area contributed by atoms with Crippen LogP contribution in [0, 0.1) is 18.7 Å². The van der Waals surface area contributed by atoms with E-state index in [2.05, 4.69) is 35.5 Å². The van der Waals surface area contributed by atoms with E-state index in [9.17, 15) is 14.0 Å². The summed E-state index contributed by atoms with van der Waals surface area (Å²) < 4.78 is 15.4. The molecule has 0 aliphatic rings. The van der Waals surface area contributed by atoms with Gasteiger partial charge in [0.25, 0.3) is 0 Å². The summed E-state index contributed by atoms with van der Waals surface area (Å²) in [7, 11) is 0. The number of benzene rings is 3. The molecule has 0 radical (unpaired) electrons. The first-order valence-electron chi connectivity index (χ1n) is 13.0. The maximum Gasteiger partial charge on any atom is 0.247 e. The van der Waals surface area contributed by atoms with Gasteiger partial charge < -0.3 is 10.2 Å². The molecule has 0 bridgehead atoms. The summed E-state index contributed by atoms with van der Waals surface area (Å²) in [6.45, 7) is 6.90. The fourth-order valence-electron chi connectivity index (χ4n) is 4.47. The number of carbonyl (C=O) groups is 2. The average molecular weight is 516 g/mol. The van der Waals surface area contributed by atoms with Gasteiger partial charge in [-0.15, -0.1) is 5.10 Å². The number of rotatable bonds is 11. The largest absolute Gasteiger partial charge is 0.354 e. The third kappa shape index (κ3) is 6.82. The molecule has 8 heteroatoms. The Kier molecular flexibility index (Phi) is 8.84. The summed E-state index contributed by atoms with van der Waals surface area (Å²) in [5, 5.41) is 11.3. The van der Waals surface area contributed by atoms with Crippen molar-refractivity contribution in [2.75, 3.05) is 13.1 Å². The van der Waals surface area contributed by atoms with E-state index in [1.807, 2.05) is 49.4 Å². The minimum atomic E-state index is -0.921. The Morgan fingerprint density at radius 2 is 1.79 bits per heavy atom. The molecule has 4 rings (SSSR count). The first-order valence-corrected chi connectivity index (χ1v) is 13.0. The highest BCUT2D eigenvalue weighted by molar-refractivity contribution is 5.89. The molecule has 3 aromatic carbocycles. The minimum absolute atomic E-state index is 0.0781. The predicted octanol–water partition coefficient (Wildman–Crippen LogP) is 4.85.